The first-order valence-corrected chi connectivity index (χ1v) is 4.48. The molecule has 1 aromatic heterocycles. The minimum Gasteiger partial charge on any atom is -0.507 e. The first-order chi connectivity index (χ1) is 7.18. The van der Waals surface area contributed by atoms with Crippen molar-refractivity contribution in [3.05, 3.63) is 30.2 Å². The van der Waals surface area contributed by atoms with Crippen molar-refractivity contribution in [1.82, 2.24) is 0 Å². The zero-order chi connectivity index (χ0) is 10.8. The molecule has 78 valence electrons. The summed E-state index contributed by atoms with van der Waals surface area (Å²) in [7, 11) is 0. The Labute approximate surface area is 86.1 Å². The topological polar surface area (TPSA) is 59.7 Å². The number of ether oxygens (including phenoxy) is 1. The van der Waals surface area contributed by atoms with Crippen molar-refractivity contribution in [2.45, 2.75) is 13.5 Å². The normalized spacial score (nSPS) is 10.5. The van der Waals surface area contributed by atoms with E-state index in [2.05, 4.69) is 0 Å². The molecule has 0 unspecified atom stereocenters. The van der Waals surface area contributed by atoms with Gasteiger partial charge < -0.3 is 14.3 Å². The van der Waals surface area contributed by atoms with Crippen molar-refractivity contribution in [3.8, 4) is 5.75 Å². The quantitative estimate of drug-likeness (QED) is 0.765. The lowest BCUT2D eigenvalue weighted by atomic mass is 10.1. The second-order valence-electron chi connectivity index (χ2n) is 3.22. The largest absolute Gasteiger partial charge is 0.507 e. The molecular formula is C11H10O4. The molecular weight excluding hydrogens is 196 g/mol. The van der Waals surface area contributed by atoms with Gasteiger partial charge in [-0.3, -0.25) is 4.79 Å². The zero-order valence-corrected chi connectivity index (χ0v) is 8.19. The predicted octanol–water partition coefficient (Wildman–Crippen LogP) is 2.20. The lowest BCUT2D eigenvalue weighted by molar-refractivity contribution is -0.142. The van der Waals surface area contributed by atoms with Crippen molar-refractivity contribution in [1.29, 1.82) is 0 Å². The van der Waals surface area contributed by atoms with Gasteiger partial charge >= 0.3 is 5.97 Å². The van der Waals surface area contributed by atoms with Crippen LogP contribution in [-0.4, -0.2) is 11.1 Å². The molecule has 0 aliphatic carbocycles. The van der Waals surface area contributed by atoms with Gasteiger partial charge in [0.25, 0.3) is 0 Å². The molecule has 1 heterocycles. The number of phenolic OH excluding ortho intramolecular Hbond substituents is 1. The number of carbonyl (C=O) groups excluding carboxylic acids is 1. The molecule has 1 N–H and O–H groups in total. The van der Waals surface area contributed by atoms with Crippen LogP contribution in [0.5, 0.6) is 5.75 Å². The highest BCUT2D eigenvalue weighted by Crippen LogP contribution is 2.28. The Bertz CT molecular complexity index is 498. The van der Waals surface area contributed by atoms with E-state index >= 15 is 0 Å². The molecule has 0 radical (unpaired) electrons. The average Bonchev–Trinajstić information content (AvgIpc) is 2.66. The van der Waals surface area contributed by atoms with Crippen molar-refractivity contribution >= 4 is 16.7 Å². The highest BCUT2D eigenvalue weighted by Gasteiger charge is 2.08. The van der Waals surface area contributed by atoms with Crippen molar-refractivity contribution in [3.63, 3.8) is 0 Å². The molecule has 0 aliphatic heterocycles. The van der Waals surface area contributed by atoms with Gasteiger partial charge in [-0.15, -0.1) is 0 Å². The van der Waals surface area contributed by atoms with Gasteiger partial charge in [-0.25, -0.2) is 0 Å². The van der Waals surface area contributed by atoms with Crippen LogP contribution in [0.3, 0.4) is 0 Å². The average molecular weight is 206 g/mol. The fourth-order valence-corrected chi connectivity index (χ4v) is 1.41. The minimum atomic E-state index is -0.334. The third-order valence-corrected chi connectivity index (χ3v) is 2.16. The van der Waals surface area contributed by atoms with Gasteiger partial charge in [0.1, 0.15) is 18.6 Å². The van der Waals surface area contributed by atoms with Gasteiger partial charge in [-0.05, 0) is 6.07 Å². The predicted molar refractivity (Wildman–Crippen MR) is 53.3 cm³/mol. The van der Waals surface area contributed by atoms with E-state index in [9.17, 15) is 9.90 Å². The number of fused-ring (bicyclic) bond motifs is 1. The molecule has 15 heavy (non-hydrogen) atoms. The Hall–Kier alpha value is -1.97. The Kier molecular flexibility index (Phi) is 2.33. The summed E-state index contributed by atoms with van der Waals surface area (Å²) in [5, 5.41) is 10.9. The van der Waals surface area contributed by atoms with E-state index in [1.165, 1.54) is 19.5 Å². The maximum atomic E-state index is 10.7. The summed E-state index contributed by atoms with van der Waals surface area (Å²) in [6.45, 7) is 1.54. The second kappa shape index (κ2) is 3.65. The molecule has 4 nitrogen and oxygen atoms in total. The molecule has 0 saturated carbocycles. The van der Waals surface area contributed by atoms with Crippen molar-refractivity contribution in [2.75, 3.05) is 0 Å². The van der Waals surface area contributed by atoms with Crippen LogP contribution in [0, 0.1) is 0 Å². The van der Waals surface area contributed by atoms with Crippen LogP contribution in [0.2, 0.25) is 0 Å². The number of furan rings is 1. The van der Waals surface area contributed by atoms with Gasteiger partial charge in [0.15, 0.2) is 0 Å². The van der Waals surface area contributed by atoms with E-state index < -0.39 is 0 Å². The summed E-state index contributed by atoms with van der Waals surface area (Å²) in [5.41, 5.74) is 0.812. The fourth-order valence-electron chi connectivity index (χ4n) is 1.41. The lowest BCUT2D eigenvalue weighted by Gasteiger charge is -2.03. The second-order valence-corrected chi connectivity index (χ2v) is 3.22. The Morgan fingerprint density at radius 3 is 2.87 bits per heavy atom. The number of aromatic hydroxyl groups is 1. The summed E-state index contributed by atoms with van der Waals surface area (Å²) in [4.78, 5) is 10.7. The van der Waals surface area contributed by atoms with Gasteiger partial charge in [0.2, 0.25) is 0 Å². The van der Waals surface area contributed by atoms with Gasteiger partial charge in [0, 0.05) is 17.9 Å². The Morgan fingerprint density at radius 1 is 1.40 bits per heavy atom. The number of benzene rings is 1. The van der Waals surface area contributed by atoms with Crippen LogP contribution >= 0.6 is 0 Å². The maximum absolute atomic E-state index is 10.7. The summed E-state index contributed by atoms with van der Waals surface area (Å²) < 4.78 is 9.88. The Balaban J connectivity index is 2.39. The third kappa shape index (κ3) is 1.79. The summed E-state index contributed by atoms with van der Waals surface area (Å²) in [6.07, 6.45) is 2.98. The van der Waals surface area contributed by atoms with E-state index in [4.69, 9.17) is 9.15 Å². The number of esters is 1. The fraction of sp³-hybridized carbons (Fsp3) is 0.182. The van der Waals surface area contributed by atoms with Gasteiger partial charge in [0.05, 0.1) is 11.6 Å². The minimum absolute atomic E-state index is 0.158. The molecule has 2 aromatic rings. The van der Waals surface area contributed by atoms with Crippen LogP contribution in [0.25, 0.3) is 10.8 Å². The van der Waals surface area contributed by atoms with E-state index in [-0.39, 0.29) is 18.3 Å². The number of hydrogen-bond acceptors (Lipinski definition) is 4. The molecule has 1 aromatic carbocycles. The molecule has 0 spiro atoms. The first-order valence-electron chi connectivity index (χ1n) is 4.48. The van der Waals surface area contributed by atoms with Crippen LogP contribution in [0.15, 0.2) is 29.1 Å². The summed E-state index contributed by atoms with van der Waals surface area (Å²) >= 11 is 0. The number of carbonyl (C=O) groups is 1. The molecule has 2 rings (SSSR count). The van der Waals surface area contributed by atoms with E-state index in [0.717, 1.165) is 10.9 Å². The van der Waals surface area contributed by atoms with E-state index in [1.807, 2.05) is 0 Å². The van der Waals surface area contributed by atoms with Crippen LogP contribution < -0.4 is 0 Å². The van der Waals surface area contributed by atoms with Gasteiger partial charge in [-0.2, -0.15) is 0 Å². The SMILES string of the molecule is CC(=O)OCc1ccc(O)c2cocc12. The van der Waals surface area contributed by atoms with Crippen molar-refractivity contribution in [2.24, 2.45) is 0 Å². The molecule has 4 heteroatoms. The summed E-state index contributed by atoms with van der Waals surface area (Å²) in [5.74, 6) is -0.176. The number of hydrogen-bond donors (Lipinski definition) is 1. The first kappa shape index (κ1) is 9.58. The van der Waals surface area contributed by atoms with Crippen LogP contribution in [0.4, 0.5) is 0 Å². The summed E-state index contributed by atoms with van der Waals surface area (Å²) in [6, 6.07) is 3.26. The maximum Gasteiger partial charge on any atom is 0.302 e. The monoisotopic (exact) mass is 206 g/mol. The van der Waals surface area contributed by atoms with E-state index in [0.29, 0.717) is 5.39 Å². The molecule has 0 aliphatic rings. The molecule has 0 bridgehead atoms. The highest BCUT2D eigenvalue weighted by molar-refractivity contribution is 5.89. The molecule has 0 atom stereocenters. The van der Waals surface area contributed by atoms with Gasteiger partial charge in [-0.1, -0.05) is 6.07 Å². The smallest absolute Gasteiger partial charge is 0.302 e. The van der Waals surface area contributed by atoms with Crippen molar-refractivity contribution < 1.29 is 19.1 Å². The third-order valence-electron chi connectivity index (χ3n) is 2.16. The molecule has 0 amide bonds. The van der Waals surface area contributed by atoms with Crippen LogP contribution in [0.1, 0.15) is 12.5 Å². The molecule has 0 saturated heterocycles. The standard InChI is InChI=1S/C11H10O4/c1-7(12)15-4-8-2-3-11(13)10-6-14-5-9(8)10/h2-3,5-6,13H,4H2,1H3. The number of rotatable bonds is 2. The highest BCUT2D eigenvalue weighted by atomic mass is 16.5. The number of phenols is 1. The van der Waals surface area contributed by atoms with E-state index in [1.54, 1.807) is 12.1 Å². The van der Waals surface area contributed by atoms with Crippen LogP contribution in [-0.2, 0) is 16.1 Å². The Morgan fingerprint density at radius 2 is 2.13 bits per heavy atom. The lowest BCUT2D eigenvalue weighted by Crippen LogP contribution is -1.98. The zero-order valence-electron chi connectivity index (χ0n) is 8.19. The molecule has 0 fully saturated rings.